The van der Waals surface area contributed by atoms with Gasteiger partial charge in [0.1, 0.15) is 0 Å². The number of halogens is 1. The number of methoxy groups -OCH3 is 1. The van der Waals surface area contributed by atoms with Gasteiger partial charge in [-0.3, -0.25) is 4.79 Å². The number of amides is 1. The maximum atomic E-state index is 13.3. The van der Waals surface area contributed by atoms with Crippen LogP contribution in [0.1, 0.15) is 15.9 Å². The minimum atomic E-state index is -1.13. The van der Waals surface area contributed by atoms with Crippen LogP contribution >= 0.6 is 0 Å². The molecule has 0 aliphatic carbocycles. The summed E-state index contributed by atoms with van der Waals surface area (Å²) in [6.07, 6.45) is 2.70. The van der Waals surface area contributed by atoms with Gasteiger partial charge < -0.3 is 15.2 Å². The summed E-state index contributed by atoms with van der Waals surface area (Å²) >= 11 is 0. The van der Waals surface area contributed by atoms with E-state index in [1.165, 1.54) is 49.6 Å². The molecule has 5 nitrogen and oxygen atoms in total. The molecule has 2 aromatic carbocycles. The molecule has 2 rings (SSSR count). The highest BCUT2D eigenvalue weighted by atomic mass is 19.1. The summed E-state index contributed by atoms with van der Waals surface area (Å²) in [4.78, 5) is 23.0. The quantitative estimate of drug-likeness (QED) is 0.831. The van der Waals surface area contributed by atoms with E-state index in [0.29, 0.717) is 5.56 Å². The lowest BCUT2D eigenvalue weighted by atomic mass is 10.1. The fourth-order valence-electron chi connectivity index (χ4n) is 1.90. The largest absolute Gasteiger partial charge is 0.494 e. The Balaban J connectivity index is 2.12. The number of para-hydroxylation sites is 1. The standard InChI is InChI=1S/C17H14FNO4/c1-23-15-10-11(6-8-13(15)18)7-9-16(20)19-14-5-3-2-4-12(14)17(21)22/h2-10H,1H3,(H,19,20)(H,21,22)/b9-7+. The molecule has 0 saturated carbocycles. The summed E-state index contributed by atoms with van der Waals surface area (Å²) in [7, 11) is 1.35. The molecule has 0 bridgehead atoms. The highest BCUT2D eigenvalue weighted by molar-refractivity contribution is 6.06. The number of nitrogens with one attached hydrogen (secondary N) is 1. The van der Waals surface area contributed by atoms with Gasteiger partial charge in [-0.25, -0.2) is 9.18 Å². The monoisotopic (exact) mass is 315 g/mol. The Morgan fingerprint density at radius 3 is 2.65 bits per heavy atom. The number of benzene rings is 2. The number of aromatic carboxylic acids is 1. The third-order valence-corrected chi connectivity index (χ3v) is 3.02. The first kappa shape index (κ1) is 16.2. The second kappa shape index (κ2) is 7.22. The summed E-state index contributed by atoms with van der Waals surface area (Å²) in [5.41, 5.74) is 0.772. The van der Waals surface area contributed by atoms with Gasteiger partial charge >= 0.3 is 5.97 Å². The van der Waals surface area contributed by atoms with Crippen LogP contribution in [-0.4, -0.2) is 24.1 Å². The van der Waals surface area contributed by atoms with Gasteiger partial charge in [0.15, 0.2) is 11.6 Å². The molecule has 23 heavy (non-hydrogen) atoms. The zero-order chi connectivity index (χ0) is 16.8. The maximum Gasteiger partial charge on any atom is 0.337 e. The number of hydrogen-bond acceptors (Lipinski definition) is 3. The smallest absolute Gasteiger partial charge is 0.337 e. The summed E-state index contributed by atoms with van der Waals surface area (Å²) in [6, 6.07) is 10.3. The fraction of sp³-hybridized carbons (Fsp3) is 0.0588. The molecular formula is C17H14FNO4. The van der Waals surface area contributed by atoms with E-state index in [1.807, 2.05) is 0 Å². The maximum absolute atomic E-state index is 13.3. The molecule has 0 spiro atoms. The lowest BCUT2D eigenvalue weighted by Crippen LogP contribution is -2.11. The van der Waals surface area contributed by atoms with Crippen molar-refractivity contribution in [1.82, 2.24) is 0 Å². The van der Waals surface area contributed by atoms with Crippen molar-refractivity contribution in [2.45, 2.75) is 0 Å². The van der Waals surface area contributed by atoms with Crippen LogP contribution in [0.25, 0.3) is 6.08 Å². The Bertz CT molecular complexity index is 771. The van der Waals surface area contributed by atoms with Crippen molar-refractivity contribution in [2.75, 3.05) is 12.4 Å². The lowest BCUT2D eigenvalue weighted by molar-refractivity contribution is -0.111. The van der Waals surface area contributed by atoms with E-state index in [1.54, 1.807) is 12.1 Å². The number of carbonyl (C=O) groups excluding carboxylic acids is 1. The van der Waals surface area contributed by atoms with E-state index in [2.05, 4.69) is 5.32 Å². The van der Waals surface area contributed by atoms with E-state index < -0.39 is 17.7 Å². The van der Waals surface area contributed by atoms with Crippen molar-refractivity contribution in [3.8, 4) is 5.75 Å². The van der Waals surface area contributed by atoms with Gasteiger partial charge in [0.05, 0.1) is 18.4 Å². The van der Waals surface area contributed by atoms with Crippen molar-refractivity contribution in [1.29, 1.82) is 0 Å². The van der Waals surface area contributed by atoms with Crippen molar-refractivity contribution in [2.24, 2.45) is 0 Å². The number of carbonyl (C=O) groups is 2. The molecular weight excluding hydrogens is 301 g/mol. The molecule has 0 aliphatic rings. The van der Waals surface area contributed by atoms with Crippen molar-refractivity contribution < 1.29 is 23.8 Å². The van der Waals surface area contributed by atoms with Gasteiger partial charge in [-0.1, -0.05) is 18.2 Å². The van der Waals surface area contributed by atoms with Gasteiger partial charge in [0, 0.05) is 6.08 Å². The Morgan fingerprint density at radius 1 is 1.22 bits per heavy atom. The second-order valence-electron chi connectivity index (χ2n) is 4.57. The highest BCUT2D eigenvalue weighted by Crippen LogP contribution is 2.19. The third kappa shape index (κ3) is 4.16. The molecule has 2 N–H and O–H groups in total. The Morgan fingerprint density at radius 2 is 1.96 bits per heavy atom. The fourth-order valence-corrected chi connectivity index (χ4v) is 1.90. The van der Waals surface area contributed by atoms with E-state index in [4.69, 9.17) is 9.84 Å². The van der Waals surface area contributed by atoms with Crippen LogP contribution in [0.3, 0.4) is 0 Å². The average Bonchev–Trinajstić information content (AvgIpc) is 2.54. The third-order valence-electron chi connectivity index (χ3n) is 3.02. The predicted octanol–water partition coefficient (Wildman–Crippen LogP) is 3.18. The first-order chi connectivity index (χ1) is 11.0. The molecule has 1 amide bonds. The van der Waals surface area contributed by atoms with E-state index in [-0.39, 0.29) is 17.0 Å². The second-order valence-corrected chi connectivity index (χ2v) is 4.57. The van der Waals surface area contributed by atoms with E-state index >= 15 is 0 Å². The van der Waals surface area contributed by atoms with Crippen LogP contribution in [0.4, 0.5) is 10.1 Å². The molecule has 0 aromatic heterocycles. The van der Waals surface area contributed by atoms with Crippen LogP contribution in [0, 0.1) is 5.82 Å². The van der Waals surface area contributed by atoms with Crippen LogP contribution < -0.4 is 10.1 Å². The molecule has 0 radical (unpaired) electrons. The summed E-state index contributed by atoms with van der Waals surface area (Å²) in [6.45, 7) is 0. The summed E-state index contributed by atoms with van der Waals surface area (Å²) < 4.78 is 18.1. The molecule has 0 heterocycles. The molecule has 6 heteroatoms. The van der Waals surface area contributed by atoms with Gasteiger partial charge in [-0.15, -0.1) is 0 Å². The average molecular weight is 315 g/mol. The first-order valence-electron chi connectivity index (χ1n) is 6.66. The number of anilines is 1. The van der Waals surface area contributed by atoms with Crippen molar-refractivity contribution in [3.05, 3.63) is 65.5 Å². The van der Waals surface area contributed by atoms with Crippen molar-refractivity contribution >= 4 is 23.6 Å². The number of rotatable bonds is 5. The molecule has 0 saturated heterocycles. The van der Waals surface area contributed by atoms with E-state index in [9.17, 15) is 14.0 Å². The van der Waals surface area contributed by atoms with Gasteiger partial charge in [-0.2, -0.15) is 0 Å². The Labute approximate surface area is 132 Å². The van der Waals surface area contributed by atoms with Gasteiger partial charge in [0.2, 0.25) is 5.91 Å². The SMILES string of the molecule is COc1cc(/C=C/C(=O)Nc2ccccc2C(=O)O)ccc1F. The number of carboxylic acid groups (broad SMARTS) is 1. The van der Waals surface area contributed by atoms with Crippen molar-refractivity contribution in [3.63, 3.8) is 0 Å². The Kier molecular flexibility index (Phi) is 5.09. The molecule has 2 aromatic rings. The number of carboxylic acids is 1. The van der Waals surface area contributed by atoms with E-state index in [0.717, 1.165) is 0 Å². The van der Waals surface area contributed by atoms with Crippen LogP contribution in [0.5, 0.6) is 5.75 Å². The highest BCUT2D eigenvalue weighted by Gasteiger charge is 2.10. The number of ether oxygens (including phenoxy) is 1. The molecule has 118 valence electrons. The minimum absolute atomic E-state index is 0.00213. The summed E-state index contributed by atoms with van der Waals surface area (Å²) in [5.74, 6) is -2.05. The molecule has 0 fully saturated rings. The molecule has 0 unspecified atom stereocenters. The van der Waals surface area contributed by atoms with Crippen LogP contribution in [0.2, 0.25) is 0 Å². The Hall–Kier alpha value is -3.15. The van der Waals surface area contributed by atoms with Crippen LogP contribution in [-0.2, 0) is 4.79 Å². The summed E-state index contributed by atoms with van der Waals surface area (Å²) in [5, 5.41) is 11.5. The molecule has 0 aliphatic heterocycles. The van der Waals surface area contributed by atoms with Gasteiger partial charge in [-0.05, 0) is 35.9 Å². The van der Waals surface area contributed by atoms with Crippen LogP contribution in [0.15, 0.2) is 48.5 Å². The predicted molar refractivity (Wildman–Crippen MR) is 84.0 cm³/mol. The molecule has 0 atom stereocenters. The first-order valence-corrected chi connectivity index (χ1v) is 6.66. The topological polar surface area (TPSA) is 75.6 Å². The minimum Gasteiger partial charge on any atom is -0.494 e. The number of hydrogen-bond donors (Lipinski definition) is 2. The van der Waals surface area contributed by atoms with Gasteiger partial charge in [0.25, 0.3) is 0 Å². The zero-order valence-electron chi connectivity index (χ0n) is 12.2. The zero-order valence-corrected chi connectivity index (χ0v) is 12.2. The normalized spacial score (nSPS) is 10.5. The lowest BCUT2D eigenvalue weighted by Gasteiger charge is -2.06.